The fourth-order valence-electron chi connectivity index (χ4n) is 0.831. The number of nitrogens with two attached hydrogens (primary N) is 1. The largest absolute Gasteiger partial charge is 0.349 e. The van der Waals surface area contributed by atoms with Crippen LogP contribution in [0, 0.1) is 0 Å². The summed E-state index contributed by atoms with van der Waals surface area (Å²) in [5.41, 5.74) is 5.18. The van der Waals surface area contributed by atoms with Gasteiger partial charge in [0.1, 0.15) is 6.04 Å². The molecule has 1 rings (SSSR count). The first-order valence-electron chi connectivity index (χ1n) is 3.85. The Morgan fingerprint density at radius 1 is 1.46 bits per heavy atom. The molecule has 2 amide bonds. The summed E-state index contributed by atoms with van der Waals surface area (Å²) in [6, 6.07) is -0.846. The SMILES string of the molecule is CC(N)C(=O)ON1C(=O)CCC1=O. The third-order valence-electron chi connectivity index (χ3n) is 1.56. The molecule has 1 atom stereocenters. The Labute approximate surface area is 74.6 Å². The molecule has 1 saturated heterocycles. The average Bonchev–Trinajstić information content (AvgIpc) is 2.35. The van der Waals surface area contributed by atoms with Crippen LogP contribution in [0.2, 0.25) is 0 Å². The highest BCUT2D eigenvalue weighted by Gasteiger charge is 2.33. The van der Waals surface area contributed by atoms with Gasteiger partial charge in [-0.2, -0.15) is 0 Å². The molecule has 0 spiro atoms. The number of hydroxylamine groups is 2. The highest BCUT2D eigenvalue weighted by Crippen LogP contribution is 2.12. The summed E-state index contributed by atoms with van der Waals surface area (Å²) in [5, 5.41) is 0.478. The number of rotatable bonds is 2. The molecule has 1 unspecified atom stereocenters. The van der Waals surface area contributed by atoms with Gasteiger partial charge in [0.05, 0.1) is 0 Å². The number of hydrogen-bond donors (Lipinski definition) is 1. The third-order valence-corrected chi connectivity index (χ3v) is 1.56. The minimum atomic E-state index is -0.846. The maximum Gasteiger partial charge on any atom is 0.349 e. The van der Waals surface area contributed by atoms with Crippen LogP contribution < -0.4 is 5.73 Å². The molecule has 2 N–H and O–H groups in total. The van der Waals surface area contributed by atoms with Crippen molar-refractivity contribution in [3.63, 3.8) is 0 Å². The molecule has 1 fully saturated rings. The lowest BCUT2D eigenvalue weighted by Crippen LogP contribution is -2.38. The van der Waals surface area contributed by atoms with E-state index in [1.807, 2.05) is 0 Å². The molecule has 6 nitrogen and oxygen atoms in total. The monoisotopic (exact) mass is 186 g/mol. The summed E-state index contributed by atoms with van der Waals surface area (Å²) in [7, 11) is 0. The molecule has 1 aliphatic rings. The van der Waals surface area contributed by atoms with E-state index < -0.39 is 23.8 Å². The van der Waals surface area contributed by atoms with Crippen LogP contribution in [0.25, 0.3) is 0 Å². The van der Waals surface area contributed by atoms with Crippen LogP contribution in [0.1, 0.15) is 19.8 Å². The van der Waals surface area contributed by atoms with Crippen molar-refractivity contribution in [1.29, 1.82) is 0 Å². The summed E-state index contributed by atoms with van der Waals surface area (Å²) in [6.45, 7) is 1.41. The minimum absolute atomic E-state index is 0.0884. The summed E-state index contributed by atoms with van der Waals surface area (Å²) in [5.74, 6) is -1.79. The van der Waals surface area contributed by atoms with Gasteiger partial charge in [-0.3, -0.25) is 9.59 Å². The topological polar surface area (TPSA) is 89.7 Å². The molecule has 0 radical (unpaired) electrons. The van der Waals surface area contributed by atoms with Gasteiger partial charge in [0.25, 0.3) is 11.8 Å². The normalized spacial score (nSPS) is 19.1. The molecular weight excluding hydrogens is 176 g/mol. The van der Waals surface area contributed by atoms with Crippen molar-refractivity contribution in [2.45, 2.75) is 25.8 Å². The second-order valence-corrected chi connectivity index (χ2v) is 2.78. The number of nitrogens with zero attached hydrogens (tertiary/aromatic N) is 1. The average molecular weight is 186 g/mol. The van der Waals surface area contributed by atoms with Crippen LogP contribution in [-0.4, -0.2) is 28.9 Å². The summed E-state index contributed by atoms with van der Waals surface area (Å²) in [6.07, 6.45) is 0.177. The van der Waals surface area contributed by atoms with Crippen LogP contribution in [0.3, 0.4) is 0 Å². The Bertz CT molecular complexity index is 245. The molecule has 72 valence electrons. The van der Waals surface area contributed by atoms with Gasteiger partial charge in [0, 0.05) is 12.8 Å². The zero-order chi connectivity index (χ0) is 10.0. The lowest BCUT2D eigenvalue weighted by atomic mass is 10.4. The zero-order valence-electron chi connectivity index (χ0n) is 7.15. The van der Waals surface area contributed by atoms with Crippen molar-refractivity contribution in [3.05, 3.63) is 0 Å². The van der Waals surface area contributed by atoms with Gasteiger partial charge in [-0.1, -0.05) is 0 Å². The molecule has 0 aromatic carbocycles. The quantitative estimate of drug-likeness (QED) is 0.555. The molecule has 13 heavy (non-hydrogen) atoms. The Balaban J connectivity index is 2.58. The Kier molecular flexibility index (Phi) is 2.62. The maximum absolute atomic E-state index is 10.9. The highest BCUT2D eigenvalue weighted by molar-refractivity contribution is 6.01. The van der Waals surface area contributed by atoms with Gasteiger partial charge < -0.3 is 10.6 Å². The van der Waals surface area contributed by atoms with Gasteiger partial charge in [0.2, 0.25) is 0 Å². The van der Waals surface area contributed by atoms with E-state index >= 15 is 0 Å². The number of carbonyl (C=O) groups is 3. The van der Waals surface area contributed by atoms with Crippen LogP contribution in [0.15, 0.2) is 0 Å². The van der Waals surface area contributed by atoms with Crippen LogP contribution in [-0.2, 0) is 19.2 Å². The lowest BCUT2D eigenvalue weighted by Gasteiger charge is -2.13. The van der Waals surface area contributed by atoms with E-state index in [4.69, 9.17) is 5.73 Å². The molecule has 0 aromatic heterocycles. The Hall–Kier alpha value is -1.43. The van der Waals surface area contributed by atoms with Crippen molar-refractivity contribution in [2.75, 3.05) is 0 Å². The van der Waals surface area contributed by atoms with E-state index in [2.05, 4.69) is 4.84 Å². The molecule has 0 aromatic rings. The van der Waals surface area contributed by atoms with Gasteiger partial charge >= 0.3 is 5.97 Å². The highest BCUT2D eigenvalue weighted by atomic mass is 16.7. The zero-order valence-corrected chi connectivity index (χ0v) is 7.15. The van der Waals surface area contributed by atoms with Crippen molar-refractivity contribution in [3.8, 4) is 0 Å². The fourth-order valence-corrected chi connectivity index (χ4v) is 0.831. The molecular formula is C7H10N2O4. The number of hydrogen-bond acceptors (Lipinski definition) is 5. The second-order valence-electron chi connectivity index (χ2n) is 2.78. The van der Waals surface area contributed by atoms with Crippen molar-refractivity contribution < 1.29 is 19.2 Å². The summed E-state index contributed by atoms with van der Waals surface area (Å²) < 4.78 is 0. The van der Waals surface area contributed by atoms with E-state index in [1.54, 1.807) is 0 Å². The van der Waals surface area contributed by atoms with Crippen LogP contribution in [0.5, 0.6) is 0 Å². The van der Waals surface area contributed by atoms with Crippen molar-refractivity contribution in [2.24, 2.45) is 5.73 Å². The first kappa shape index (κ1) is 9.66. The van der Waals surface area contributed by atoms with E-state index in [-0.39, 0.29) is 12.8 Å². The van der Waals surface area contributed by atoms with E-state index in [1.165, 1.54) is 6.92 Å². The molecule has 1 aliphatic heterocycles. The van der Waals surface area contributed by atoms with Gasteiger partial charge in [-0.05, 0) is 6.92 Å². The maximum atomic E-state index is 10.9. The first-order chi connectivity index (χ1) is 6.02. The molecule has 6 heteroatoms. The fraction of sp³-hybridized carbons (Fsp3) is 0.571. The number of carbonyl (C=O) groups excluding carboxylic acids is 3. The lowest BCUT2D eigenvalue weighted by molar-refractivity contribution is -0.198. The van der Waals surface area contributed by atoms with Gasteiger partial charge in [-0.15, -0.1) is 5.06 Å². The van der Waals surface area contributed by atoms with E-state index in [0.29, 0.717) is 5.06 Å². The molecule has 0 aliphatic carbocycles. The van der Waals surface area contributed by atoms with Crippen molar-refractivity contribution in [1.82, 2.24) is 5.06 Å². The first-order valence-corrected chi connectivity index (χ1v) is 3.85. The molecule has 0 bridgehead atoms. The second kappa shape index (κ2) is 3.53. The van der Waals surface area contributed by atoms with E-state index in [0.717, 1.165) is 0 Å². The Morgan fingerprint density at radius 2 is 1.92 bits per heavy atom. The number of imide groups is 1. The van der Waals surface area contributed by atoms with E-state index in [9.17, 15) is 14.4 Å². The smallest absolute Gasteiger partial charge is 0.329 e. The Morgan fingerprint density at radius 3 is 2.31 bits per heavy atom. The number of amides is 2. The van der Waals surface area contributed by atoms with Crippen LogP contribution >= 0.6 is 0 Å². The minimum Gasteiger partial charge on any atom is -0.329 e. The van der Waals surface area contributed by atoms with Gasteiger partial charge in [0.15, 0.2) is 0 Å². The van der Waals surface area contributed by atoms with Gasteiger partial charge in [-0.25, -0.2) is 4.79 Å². The van der Waals surface area contributed by atoms with Crippen molar-refractivity contribution >= 4 is 17.8 Å². The van der Waals surface area contributed by atoms with Crippen LogP contribution in [0.4, 0.5) is 0 Å². The predicted molar refractivity (Wildman–Crippen MR) is 40.8 cm³/mol. The standard InChI is InChI=1S/C7H10N2O4/c1-4(8)7(12)13-9-5(10)2-3-6(9)11/h4H,2-3,8H2,1H3. The summed E-state index contributed by atoms with van der Waals surface area (Å²) in [4.78, 5) is 37.2. The molecule has 1 heterocycles. The third kappa shape index (κ3) is 2.03. The summed E-state index contributed by atoms with van der Waals surface area (Å²) >= 11 is 0. The molecule has 0 saturated carbocycles. The predicted octanol–water partition coefficient (Wildman–Crippen LogP) is -1.06.